The second-order valence-corrected chi connectivity index (χ2v) is 9.26. The first-order valence-corrected chi connectivity index (χ1v) is 11.2. The fourth-order valence-electron chi connectivity index (χ4n) is 4.09. The van der Waals surface area contributed by atoms with Crippen molar-refractivity contribution < 1.29 is 10.0 Å². The van der Waals surface area contributed by atoms with E-state index in [9.17, 15) is 4.79 Å². The van der Waals surface area contributed by atoms with Gasteiger partial charge in [0.1, 0.15) is 5.54 Å². The summed E-state index contributed by atoms with van der Waals surface area (Å²) < 4.78 is 0. The maximum absolute atomic E-state index is 12.3. The fourth-order valence-corrected chi connectivity index (χ4v) is 5.28. The molecule has 0 atom stereocenters. The molecule has 0 bridgehead atoms. The van der Waals surface area contributed by atoms with Crippen LogP contribution in [-0.2, 0) is 11.3 Å². The van der Waals surface area contributed by atoms with Gasteiger partial charge in [-0.05, 0) is 77.8 Å². The second-order valence-electron chi connectivity index (χ2n) is 8.03. The SMILES string of the molecule is Cc1cc(CNC2(C(=O)NO)CCSCC2)ccc1-c1ccc(C2CC2)cc1. The molecule has 2 aliphatic rings. The number of benzene rings is 2. The Bertz CT molecular complexity index is 840. The molecule has 1 heterocycles. The van der Waals surface area contributed by atoms with Crippen molar-refractivity contribution in [3.63, 3.8) is 0 Å². The van der Waals surface area contributed by atoms with Gasteiger partial charge in [-0.25, -0.2) is 5.48 Å². The molecule has 28 heavy (non-hydrogen) atoms. The Kier molecular flexibility index (Phi) is 5.76. The molecule has 4 nitrogen and oxygen atoms in total. The lowest BCUT2D eigenvalue weighted by Crippen LogP contribution is -2.58. The van der Waals surface area contributed by atoms with Crippen molar-refractivity contribution in [1.29, 1.82) is 0 Å². The number of hydrogen-bond donors (Lipinski definition) is 3. The number of aryl methyl sites for hydroxylation is 1. The highest BCUT2D eigenvalue weighted by molar-refractivity contribution is 7.99. The van der Waals surface area contributed by atoms with Crippen molar-refractivity contribution in [3.05, 3.63) is 59.2 Å². The van der Waals surface area contributed by atoms with Gasteiger partial charge in [-0.2, -0.15) is 11.8 Å². The van der Waals surface area contributed by atoms with Crippen LogP contribution in [0.4, 0.5) is 0 Å². The van der Waals surface area contributed by atoms with Crippen LogP contribution in [0.1, 0.15) is 48.3 Å². The summed E-state index contributed by atoms with van der Waals surface area (Å²) in [4.78, 5) is 12.3. The van der Waals surface area contributed by atoms with E-state index in [1.807, 2.05) is 17.2 Å². The van der Waals surface area contributed by atoms with E-state index in [0.717, 1.165) is 35.8 Å². The van der Waals surface area contributed by atoms with Crippen molar-refractivity contribution >= 4 is 17.7 Å². The van der Waals surface area contributed by atoms with Gasteiger partial charge in [0.05, 0.1) is 0 Å². The van der Waals surface area contributed by atoms with Crippen LogP contribution in [0.3, 0.4) is 0 Å². The molecule has 0 unspecified atom stereocenters. The van der Waals surface area contributed by atoms with Gasteiger partial charge in [0.2, 0.25) is 0 Å². The van der Waals surface area contributed by atoms with Gasteiger partial charge < -0.3 is 0 Å². The predicted octanol–water partition coefficient (Wildman–Crippen LogP) is 4.40. The average molecular weight is 397 g/mol. The maximum atomic E-state index is 12.3. The number of nitrogens with one attached hydrogen (secondary N) is 2. The molecule has 148 valence electrons. The molecule has 1 aliphatic heterocycles. The average Bonchev–Trinajstić information content (AvgIpc) is 3.58. The summed E-state index contributed by atoms with van der Waals surface area (Å²) in [6.07, 6.45) is 4.12. The Morgan fingerprint density at radius 3 is 2.46 bits per heavy atom. The van der Waals surface area contributed by atoms with Crippen LogP contribution in [0, 0.1) is 6.92 Å². The molecular formula is C23H28N2O2S. The number of rotatable bonds is 6. The molecule has 1 aliphatic carbocycles. The minimum absolute atomic E-state index is 0.322. The summed E-state index contributed by atoms with van der Waals surface area (Å²) >= 11 is 1.85. The number of hydrogen-bond acceptors (Lipinski definition) is 4. The predicted molar refractivity (Wildman–Crippen MR) is 115 cm³/mol. The summed E-state index contributed by atoms with van der Waals surface area (Å²) in [5.74, 6) is 2.31. The van der Waals surface area contributed by atoms with Gasteiger partial charge >= 0.3 is 0 Å². The van der Waals surface area contributed by atoms with Crippen molar-refractivity contribution in [2.24, 2.45) is 0 Å². The molecule has 5 heteroatoms. The Hall–Kier alpha value is -1.82. The highest BCUT2D eigenvalue weighted by Gasteiger charge is 2.39. The number of thioether (sulfide) groups is 1. The summed E-state index contributed by atoms with van der Waals surface area (Å²) in [6, 6.07) is 15.5. The van der Waals surface area contributed by atoms with Crippen molar-refractivity contribution in [1.82, 2.24) is 10.8 Å². The van der Waals surface area contributed by atoms with E-state index in [1.54, 1.807) is 0 Å². The second kappa shape index (κ2) is 8.27. The normalized spacial score (nSPS) is 18.6. The van der Waals surface area contributed by atoms with Crippen molar-refractivity contribution in [2.75, 3.05) is 11.5 Å². The maximum Gasteiger partial charge on any atom is 0.263 e. The molecule has 1 saturated heterocycles. The third-order valence-electron chi connectivity index (χ3n) is 6.07. The van der Waals surface area contributed by atoms with E-state index in [1.165, 1.54) is 35.1 Å². The highest BCUT2D eigenvalue weighted by Crippen LogP contribution is 2.40. The van der Waals surface area contributed by atoms with E-state index >= 15 is 0 Å². The summed E-state index contributed by atoms with van der Waals surface area (Å²) in [6.45, 7) is 2.75. The molecule has 4 rings (SSSR count). The van der Waals surface area contributed by atoms with Gasteiger partial charge in [-0.1, -0.05) is 42.5 Å². The first-order chi connectivity index (χ1) is 13.6. The molecule has 1 saturated carbocycles. The number of carbonyl (C=O) groups is 1. The quantitative estimate of drug-likeness (QED) is 0.500. The smallest absolute Gasteiger partial charge is 0.263 e. The minimum atomic E-state index is -0.675. The van der Waals surface area contributed by atoms with E-state index < -0.39 is 5.54 Å². The molecule has 0 aromatic heterocycles. The first-order valence-electron chi connectivity index (χ1n) is 10.1. The molecule has 0 radical (unpaired) electrons. The van der Waals surface area contributed by atoms with Gasteiger partial charge in [-0.15, -0.1) is 0 Å². The Morgan fingerprint density at radius 2 is 1.86 bits per heavy atom. The summed E-state index contributed by atoms with van der Waals surface area (Å²) in [5, 5.41) is 12.6. The molecule has 3 N–H and O–H groups in total. The van der Waals surface area contributed by atoms with Gasteiger partial charge in [0.15, 0.2) is 0 Å². The summed E-state index contributed by atoms with van der Waals surface area (Å²) in [7, 11) is 0. The Morgan fingerprint density at radius 1 is 1.14 bits per heavy atom. The standard InChI is InChI=1S/C23H28N2O2S/c1-16-14-17(15-24-23(22(26)25-27)10-12-28-13-11-23)2-9-21(16)20-7-5-19(6-8-20)18-3-4-18/h2,5-9,14,18,24,27H,3-4,10-13,15H2,1H3,(H,25,26). The fraction of sp³-hybridized carbons (Fsp3) is 0.435. The lowest BCUT2D eigenvalue weighted by Gasteiger charge is -2.35. The number of carbonyl (C=O) groups excluding carboxylic acids is 1. The summed E-state index contributed by atoms with van der Waals surface area (Å²) in [5.41, 5.74) is 7.53. The highest BCUT2D eigenvalue weighted by atomic mass is 32.2. The van der Waals surface area contributed by atoms with Crippen molar-refractivity contribution in [2.45, 2.75) is 50.6 Å². The first kappa shape index (κ1) is 19.5. The van der Waals surface area contributed by atoms with Crippen LogP contribution in [0.15, 0.2) is 42.5 Å². The molecule has 1 amide bonds. The third-order valence-corrected chi connectivity index (χ3v) is 7.06. The topological polar surface area (TPSA) is 61.4 Å². The van der Waals surface area contributed by atoms with Crippen LogP contribution in [-0.4, -0.2) is 28.2 Å². The number of amides is 1. The van der Waals surface area contributed by atoms with E-state index in [0.29, 0.717) is 6.54 Å². The Labute approximate surface area is 171 Å². The van der Waals surface area contributed by atoms with E-state index in [-0.39, 0.29) is 5.91 Å². The molecular weight excluding hydrogens is 368 g/mol. The zero-order chi connectivity index (χ0) is 19.6. The number of hydroxylamine groups is 1. The molecule has 0 spiro atoms. The van der Waals surface area contributed by atoms with Crippen LogP contribution >= 0.6 is 11.8 Å². The largest absolute Gasteiger partial charge is 0.299 e. The monoisotopic (exact) mass is 396 g/mol. The van der Waals surface area contributed by atoms with Crippen LogP contribution in [0.2, 0.25) is 0 Å². The third kappa shape index (κ3) is 4.12. The minimum Gasteiger partial charge on any atom is -0.299 e. The van der Waals surface area contributed by atoms with Crippen LogP contribution < -0.4 is 10.8 Å². The molecule has 2 aromatic rings. The van der Waals surface area contributed by atoms with Crippen LogP contribution in [0.5, 0.6) is 0 Å². The zero-order valence-corrected chi connectivity index (χ0v) is 17.1. The van der Waals surface area contributed by atoms with Crippen molar-refractivity contribution in [3.8, 4) is 11.1 Å². The zero-order valence-electron chi connectivity index (χ0n) is 16.3. The Balaban J connectivity index is 1.47. The van der Waals surface area contributed by atoms with Crippen LogP contribution in [0.25, 0.3) is 11.1 Å². The van der Waals surface area contributed by atoms with Gasteiger partial charge in [-0.3, -0.25) is 15.3 Å². The van der Waals surface area contributed by atoms with E-state index in [4.69, 9.17) is 5.21 Å². The van der Waals surface area contributed by atoms with Gasteiger partial charge in [0.25, 0.3) is 5.91 Å². The lowest BCUT2D eigenvalue weighted by atomic mass is 9.90. The molecule has 2 aromatic carbocycles. The lowest BCUT2D eigenvalue weighted by molar-refractivity contribution is -0.136. The van der Waals surface area contributed by atoms with E-state index in [2.05, 4.69) is 54.7 Å². The van der Waals surface area contributed by atoms with Gasteiger partial charge in [0, 0.05) is 6.54 Å². The molecule has 2 fully saturated rings.